The van der Waals surface area contributed by atoms with Gasteiger partial charge in [-0.15, -0.1) is 5.92 Å². The second-order valence-corrected chi connectivity index (χ2v) is 22.6. The Labute approximate surface area is 322 Å². The highest BCUT2D eigenvalue weighted by atomic mass is 28.3. The first kappa shape index (κ1) is 47.3. The fourth-order valence-electron chi connectivity index (χ4n) is 5.72. The number of aliphatic hydroxyl groups excluding tert-OH is 1. The Morgan fingerprint density at radius 1 is 0.945 bits per heavy atom. The van der Waals surface area contributed by atoms with E-state index in [1.165, 1.54) is 0 Å². The topological polar surface area (TPSA) is 178 Å². The number of ether oxygens (including phenoxy) is 4. The number of β-amino-alcohol motifs (C(OH)–C–C–N with tert-alkyl or cyclic N) is 1. The number of esters is 2. The molecule has 0 aromatic rings. The maximum Gasteiger partial charge on any atom is 0.471 e. The van der Waals surface area contributed by atoms with Crippen LogP contribution >= 0.6 is 0 Å². The molecule has 1 saturated heterocycles. The molecule has 0 aromatic carbocycles. The lowest BCUT2D eigenvalue weighted by atomic mass is 10.0. The lowest BCUT2D eigenvalue weighted by molar-refractivity contribution is -0.175. The van der Waals surface area contributed by atoms with Crippen molar-refractivity contribution in [3.8, 4) is 11.8 Å². The molecule has 2 rings (SSSR count). The van der Waals surface area contributed by atoms with Crippen LogP contribution in [0.5, 0.6) is 0 Å². The van der Waals surface area contributed by atoms with Crippen LogP contribution in [0.15, 0.2) is 0 Å². The smallest absolute Gasteiger partial charge is 0.464 e. The summed E-state index contributed by atoms with van der Waals surface area (Å²) in [5.74, 6) is 0.167. The average molecular weight is 806 g/mol. The van der Waals surface area contributed by atoms with Crippen LogP contribution in [0, 0.1) is 17.8 Å². The minimum atomic E-state index is -5.27. The molecule has 18 heteroatoms. The van der Waals surface area contributed by atoms with Crippen molar-refractivity contribution in [2.75, 3.05) is 19.8 Å². The molecule has 5 atom stereocenters. The van der Waals surface area contributed by atoms with Crippen LogP contribution in [0.2, 0.25) is 25.7 Å². The fourth-order valence-corrected chi connectivity index (χ4v) is 6.44. The zero-order valence-corrected chi connectivity index (χ0v) is 34.6. The first-order valence-corrected chi connectivity index (χ1v) is 22.3. The molecule has 14 nitrogen and oxygen atoms in total. The van der Waals surface area contributed by atoms with E-state index >= 15 is 0 Å². The number of nitrogens with zero attached hydrogens (tertiary/aromatic N) is 2. The maximum atomic E-state index is 13.5. The Morgan fingerprint density at radius 2 is 1.53 bits per heavy atom. The number of likely N-dealkylation sites (tertiary alicyclic amines) is 1. The van der Waals surface area contributed by atoms with E-state index in [-0.39, 0.29) is 51.9 Å². The van der Waals surface area contributed by atoms with E-state index in [0.29, 0.717) is 23.8 Å². The second-order valence-electron chi connectivity index (χ2n) is 17.0. The molecule has 2 fully saturated rings. The minimum Gasteiger partial charge on any atom is -0.464 e. The van der Waals surface area contributed by atoms with Gasteiger partial charge < -0.3 is 34.3 Å². The second kappa shape index (κ2) is 18.9. The summed E-state index contributed by atoms with van der Waals surface area (Å²) in [5, 5.41) is 12.0. The van der Waals surface area contributed by atoms with Gasteiger partial charge in [0, 0.05) is 33.9 Å². The predicted octanol–water partition coefficient (Wildman–Crippen LogP) is 5.32. The van der Waals surface area contributed by atoms with Gasteiger partial charge in [0.25, 0.3) is 0 Å². The highest BCUT2D eigenvalue weighted by molar-refractivity contribution is 6.76. The molecule has 0 aromatic heterocycles. The van der Waals surface area contributed by atoms with Crippen molar-refractivity contribution in [2.24, 2.45) is 5.92 Å². The molecule has 2 N–H and O–H groups in total. The number of carbonyl (C=O) groups excluding carboxylic acids is 6. The molecule has 1 saturated carbocycles. The highest BCUT2D eigenvalue weighted by Gasteiger charge is 2.70. The van der Waals surface area contributed by atoms with Crippen molar-refractivity contribution in [1.29, 1.82) is 0 Å². The van der Waals surface area contributed by atoms with Gasteiger partial charge in [-0.1, -0.05) is 38.4 Å². The summed E-state index contributed by atoms with van der Waals surface area (Å²) in [4.78, 5) is 79.8. The van der Waals surface area contributed by atoms with E-state index in [1.54, 1.807) is 53.8 Å². The number of halogens is 3. The summed E-state index contributed by atoms with van der Waals surface area (Å²) in [7, 11) is -1.57. The van der Waals surface area contributed by atoms with Crippen LogP contribution in [0.3, 0.4) is 0 Å². The largest absolute Gasteiger partial charge is 0.471 e. The number of amides is 4. The predicted molar refractivity (Wildman–Crippen MR) is 196 cm³/mol. The van der Waals surface area contributed by atoms with Crippen molar-refractivity contribution in [3.05, 3.63) is 0 Å². The number of hydrogen-bond donors (Lipinski definition) is 2. The number of aliphatic hydroxyl groups is 1. The highest BCUT2D eigenvalue weighted by Crippen LogP contribution is 2.50. The van der Waals surface area contributed by atoms with Gasteiger partial charge in [-0.2, -0.15) is 18.1 Å². The summed E-state index contributed by atoms with van der Waals surface area (Å²) in [6.45, 7) is 17.2. The molecule has 0 radical (unpaired) electrons. The van der Waals surface area contributed by atoms with Gasteiger partial charge in [-0.3, -0.25) is 9.59 Å². The molecule has 55 heavy (non-hydrogen) atoms. The molecule has 4 amide bonds. The van der Waals surface area contributed by atoms with Crippen molar-refractivity contribution >= 4 is 44.0 Å². The Bertz CT molecular complexity index is 1450. The third-order valence-corrected chi connectivity index (χ3v) is 10.2. The Balaban J connectivity index is 2.15. The van der Waals surface area contributed by atoms with Crippen molar-refractivity contribution in [2.45, 2.75) is 160 Å². The number of rotatable bonds is 14. The molecule has 0 spiro atoms. The molecule has 1 heterocycles. The summed E-state index contributed by atoms with van der Waals surface area (Å²) in [6.07, 6.45) is -7.78. The van der Waals surface area contributed by atoms with Gasteiger partial charge in [0.05, 0.1) is 25.2 Å². The molecule has 0 unspecified atom stereocenters. The van der Waals surface area contributed by atoms with Crippen LogP contribution in [-0.2, 0) is 38.1 Å². The number of hydrogen-bond acceptors (Lipinski definition) is 11. The van der Waals surface area contributed by atoms with Gasteiger partial charge in [-0.05, 0) is 67.4 Å². The van der Waals surface area contributed by atoms with Gasteiger partial charge in [0.1, 0.15) is 23.3 Å². The summed E-state index contributed by atoms with van der Waals surface area (Å²) < 4.78 is 61.2. The van der Waals surface area contributed by atoms with Crippen molar-refractivity contribution < 1.29 is 66.0 Å². The number of imide groups is 1. The lowest BCUT2D eigenvalue weighted by Crippen LogP contribution is -2.55. The SMILES string of the molecule is CCOC(=O)[C@@]1(N(C(=O)OC(C)(C)C)C(=O)OC(C)(C)C)C[C@H]1C#CCCCCC[C@H](NC(=O)C(F)(F)F)C(=O)N1C[C@H](O)C[C@H]1C(=O)OCC[Si](C)(C)C. The third kappa shape index (κ3) is 14.6. The molecule has 312 valence electrons. The average Bonchev–Trinajstić information content (AvgIpc) is 3.58. The monoisotopic (exact) mass is 805 g/mol. The Kier molecular flexibility index (Phi) is 16.2. The fraction of sp³-hybridized carbons (Fsp3) is 0.784. The van der Waals surface area contributed by atoms with Crippen LogP contribution < -0.4 is 5.32 Å². The van der Waals surface area contributed by atoms with Crippen molar-refractivity contribution in [1.82, 2.24) is 15.1 Å². The maximum absolute atomic E-state index is 13.5. The molecule has 1 aliphatic carbocycles. The van der Waals surface area contributed by atoms with Crippen molar-refractivity contribution in [3.63, 3.8) is 0 Å². The van der Waals surface area contributed by atoms with Crippen LogP contribution in [0.4, 0.5) is 22.8 Å². The molecular formula is C37H58F3N3O11Si. The number of carbonyl (C=O) groups is 6. The standard InChI is InChI=1S/C37H58F3N3O11Si/c1-11-51-31(48)36(43(32(49)53-34(2,3)4)33(50)54-35(5,6)7)22-24(36)17-15-13-12-14-16-18-26(41-30(47)37(38,39)40)28(45)42-23-25(44)21-27(42)29(46)52-19-20-55(8,9)10/h24-27,44H,11-14,16,18-23H2,1-10H3,(H,41,47)/t24-,25-,26+,27+,36-/m1/s1. The van der Waals surface area contributed by atoms with E-state index in [2.05, 4.69) is 31.5 Å². The van der Waals surface area contributed by atoms with E-state index < -0.39 is 91.0 Å². The summed E-state index contributed by atoms with van der Waals surface area (Å²) in [5.41, 5.74) is -3.82. The van der Waals surface area contributed by atoms with Crippen LogP contribution in [0.25, 0.3) is 0 Å². The summed E-state index contributed by atoms with van der Waals surface area (Å²) in [6, 6.07) is -2.19. The Hall–Kier alpha value is -3.85. The quantitative estimate of drug-likeness (QED) is 0.0763. The third-order valence-electron chi connectivity index (χ3n) is 8.47. The number of nitrogens with one attached hydrogen (secondary N) is 1. The number of alkyl halides is 3. The summed E-state index contributed by atoms with van der Waals surface area (Å²) >= 11 is 0. The lowest BCUT2D eigenvalue weighted by Gasteiger charge is -2.32. The van der Waals surface area contributed by atoms with Crippen LogP contribution in [0.1, 0.15) is 93.4 Å². The van der Waals surface area contributed by atoms with Gasteiger partial charge in [-0.25, -0.2) is 19.2 Å². The van der Waals surface area contributed by atoms with E-state index in [1.807, 2.05) is 0 Å². The Morgan fingerprint density at radius 3 is 2.04 bits per heavy atom. The first-order chi connectivity index (χ1) is 25.1. The molecule has 0 bridgehead atoms. The van der Waals surface area contributed by atoms with Gasteiger partial charge in [0.2, 0.25) is 5.91 Å². The van der Waals surface area contributed by atoms with E-state index in [9.17, 15) is 47.0 Å². The zero-order chi connectivity index (χ0) is 42.2. The molecule has 1 aliphatic heterocycles. The minimum absolute atomic E-state index is 0.0297. The first-order valence-electron chi connectivity index (χ1n) is 18.6. The van der Waals surface area contributed by atoms with E-state index in [0.717, 1.165) is 4.90 Å². The van der Waals surface area contributed by atoms with Gasteiger partial charge >= 0.3 is 36.2 Å². The zero-order valence-electron chi connectivity index (χ0n) is 33.6. The van der Waals surface area contributed by atoms with Crippen LogP contribution in [-0.4, -0.2) is 120 Å². The van der Waals surface area contributed by atoms with E-state index in [4.69, 9.17) is 18.9 Å². The number of unbranched alkanes of at least 4 members (excludes halogenated alkanes) is 3. The van der Waals surface area contributed by atoms with Gasteiger partial charge in [0.15, 0.2) is 5.54 Å². The molecular weight excluding hydrogens is 747 g/mol. The molecule has 2 aliphatic rings. The normalized spacial score (nSPS) is 21.7.